The predicted molar refractivity (Wildman–Crippen MR) is 96.0 cm³/mol. The highest BCUT2D eigenvalue weighted by Gasteiger charge is 2.24. The summed E-state index contributed by atoms with van der Waals surface area (Å²) in [5.74, 6) is -1.34. The van der Waals surface area contributed by atoms with E-state index in [0.717, 1.165) is 0 Å². The summed E-state index contributed by atoms with van der Waals surface area (Å²) in [6.07, 6.45) is 0. The van der Waals surface area contributed by atoms with E-state index in [2.05, 4.69) is 14.8 Å². The van der Waals surface area contributed by atoms with Gasteiger partial charge in [-0.15, -0.1) is 0 Å². The quantitative estimate of drug-likeness (QED) is 0.693. The van der Waals surface area contributed by atoms with Crippen molar-refractivity contribution >= 4 is 33.5 Å². The molecule has 138 valence electrons. The Balaban J connectivity index is 2.04. The number of amides is 1. The molecule has 9 heteroatoms. The van der Waals surface area contributed by atoms with Gasteiger partial charge in [0.05, 0.1) is 18.6 Å². The van der Waals surface area contributed by atoms with Gasteiger partial charge in [0.25, 0.3) is 0 Å². The van der Waals surface area contributed by atoms with Crippen molar-refractivity contribution in [3.8, 4) is 0 Å². The maximum Gasteiger partial charge on any atom is 0.333 e. The topological polar surface area (TPSA) is 102 Å². The third-order valence-electron chi connectivity index (χ3n) is 3.42. The smallest absolute Gasteiger partial charge is 0.333 e. The molecule has 0 aliphatic heterocycles. The zero-order chi connectivity index (χ0) is 19.2. The standard InChI is InChI=1S/C17H17ClN2O5S/c1-25-17(22)16(12-5-3-2-4-6-12)20-15(21)11-19-26(23,24)14-9-7-13(18)8-10-14/h2-10,16,19H,11H2,1H3,(H,20,21)/t16-/m0/s1. The molecule has 7 nitrogen and oxygen atoms in total. The molecule has 1 atom stereocenters. The number of rotatable bonds is 7. The first-order valence-corrected chi connectivity index (χ1v) is 9.37. The molecule has 0 aromatic heterocycles. The molecule has 0 fully saturated rings. The van der Waals surface area contributed by atoms with Crippen LogP contribution in [0.1, 0.15) is 11.6 Å². The van der Waals surface area contributed by atoms with Crippen molar-refractivity contribution in [1.82, 2.24) is 10.0 Å². The van der Waals surface area contributed by atoms with Crippen molar-refractivity contribution in [3.63, 3.8) is 0 Å². The Kier molecular flexibility index (Phi) is 6.73. The first-order chi connectivity index (χ1) is 12.3. The molecule has 2 aromatic rings. The Labute approximate surface area is 156 Å². The minimum Gasteiger partial charge on any atom is -0.467 e. The van der Waals surface area contributed by atoms with E-state index in [1.54, 1.807) is 30.3 Å². The summed E-state index contributed by atoms with van der Waals surface area (Å²) in [6, 6.07) is 13.0. The van der Waals surface area contributed by atoms with Gasteiger partial charge in [-0.05, 0) is 29.8 Å². The number of carbonyl (C=O) groups excluding carboxylic acids is 2. The molecule has 0 spiro atoms. The second-order valence-corrected chi connectivity index (χ2v) is 7.42. The van der Waals surface area contributed by atoms with E-state index < -0.39 is 34.5 Å². The largest absolute Gasteiger partial charge is 0.467 e. The third-order valence-corrected chi connectivity index (χ3v) is 5.09. The van der Waals surface area contributed by atoms with E-state index in [9.17, 15) is 18.0 Å². The van der Waals surface area contributed by atoms with Crippen LogP contribution in [-0.2, 0) is 24.3 Å². The van der Waals surface area contributed by atoms with E-state index in [1.165, 1.54) is 31.4 Å². The number of halogens is 1. The average Bonchev–Trinajstić information content (AvgIpc) is 2.65. The van der Waals surface area contributed by atoms with E-state index in [-0.39, 0.29) is 4.90 Å². The van der Waals surface area contributed by atoms with Gasteiger partial charge in [0.15, 0.2) is 6.04 Å². The molecule has 0 heterocycles. The van der Waals surface area contributed by atoms with Gasteiger partial charge < -0.3 is 10.1 Å². The highest BCUT2D eigenvalue weighted by Crippen LogP contribution is 2.15. The van der Waals surface area contributed by atoms with Crippen LogP contribution >= 0.6 is 11.6 Å². The number of hydrogen-bond donors (Lipinski definition) is 2. The fraction of sp³-hybridized carbons (Fsp3) is 0.176. The number of carbonyl (C=O) groups is 2. The molecule has 0 saturated carbocycles. The van der Waals surface area contributed by atoms with Gasteiger partial charge in [-0.2, -0.15) is 0 Å². The molecule has 0 aliphatic carbocycles. The minimum atomic E-state index is -3.88. The molecule has 0 unspecified atom stereocenters. The van der Waals surface area contributed by atoms with Crippen molar-refractivity contribution in [2.75, 3.05) is 13.7 Å². The Morgan fingerprint density at radius 2 is 1.69 bits per heavy atom. The molecule has 2 aromatic carbocycles. The van der Waals surface area contributed by atoms with Crippen LogP contribution in [0.3, 0.4) is 0 Å². The van der Waals surface area contributed by atoms with Gasteiger partial charge in [-0.25, -0.2) is 17.9 Å². The van der Waals surface area contributed by atoms with Crippen molar-refractivity contribution in [2.45, 2.75) is 10.9 Å². The lowest BCUT2D eigenvalue weighted by molar-refractivity contribution is -0.145. The second kappa shape index (κ2) is 8.79. The third kappa shape index (κ3) is 5.29. The van der Waals surface area contributed by atoms with Gasteiger partial charge in [0.1, 0.15) is 0 Å². The number of hydrogen-bond acceptors (Lipinski definition) is 5. The van der Waals surface area contributed by atoms with E-state index in [1.807, 2.05) is 0 Å². The predicted octanol–water partition coefficient (Wildman–Crippen LogP) is 1.65. The molecule has 0 radical (unpaired) electrons. The molecule has 2 N–H and O–H groups in total. The van der Waals surface area contributed by atoms with E-state index >= 15 is 0 Å². The van der Waals surface area contributed by atoms with Crippen LogP contribution in [-0.4, -0.2) is 33.9 Å². The average molecular weight is 397 g/mol. The molecular formula is C17H17ClN2O5S. The van der Waals surface area contributed by atoms with Crippen molar-refractivity contribution in [3.05, 3.63) is 65.2 Å². The summed E-state index contributed by atoms with van der Waals surface area (Å²) in [5.41, 5.74) is 0.522. The number of benzene rings is 2. The summed E-state index contributed by atoms with van der Waals surface area (Å²) in [5, 5.41) is 2.85. The Morgan fingerprint density at radius 3 is 2.27 bits per heavy atom. The van der Waals surface area contributed by atoms with Crippen molar-refractivity contribution in [1.29, 1.82) is 0 Å². The second-order valence-electron chi connectivity index (χ2n) is 5.21. The lowest BCUT2D eigenvalue weighted by atomic mass is 10.1. The van der Waals surface area contributed by atoms with Gasteiger partial charge >= 0.3 is 5.97 Å². The highest BCUT2D eigenvalue weighted by atomic mass is 35.5. The molecule has 0 saturated heterocycles. The highest BCUT2D eigenvalue weighted by molar-refractivity contribution is 7.89. The van der Waals surface area contributed by atoms with Gasteiger partial charge in [-0.3, -0.25) is 4.79 Å². The zero-order valence-electron chi connectivity index (χ0n) is 13.8. The van der Waals surface area contributed by atoms with Crippen LogP contribution in [0.15, 0.2) is 59.5 Å². The summed E-state index contributed by atoms with van der Waals surface area (Å²) in [7, 11) is -2.68. The number of methoxy groups -OCH3 is 1. The maximum absolute atomic E-state index is 12.2. The molecule has 0 bridgehead atoms. The maximum atomic E-state index is 12.2. The lowest BCUT2D eigenvalue weighted by Crippen LogP contribution is -2.41. The lowest BCUT2D eigenvalue weighted by Gasteiger charge is -2.17. The summed E-state index contributed by atoms with van der Waals surface area (Å²) in [6.45, 7) is -0.536. The summed E-state index contributed by atoms with van der Waals surface area (Å²) in [4.78, 5) is 24.0. The van der Waals surface area contributed by atoms with Crippen molar-refractivity contribution in [2.24, 2.45) is 0 Å². The van der Waals surface area contributed by atoms with E-state index in [0.29, 0.717) is 10.6 Å². The van der Waals surface area contributed by atoms with Gasteiger partial charge in [-0.1, -0.05) is 41.9 Å². The number of nitrogens with one attached hydrogen (secondary N) is 2. The number of sulfonamides is 1. The monoisotopic (exact) mass is 396 g/mol. The molecule has 1 amide bonds. The molecule has 26 heavy (non-hydrogen) atoms. The van der Waals surface area contributed by atoms with Crippen LogP contribution in [0.4, 0.5) is 0 Å². The normalized spacial score (nSPS) is 12.2. The first kappa shape index (κ1) is 19.9. The van der Waals surface area contributed by atoms with Crippen molar-refractivity contribution < 1.29 is 22.7 Å². The van der Waals surface area contributed by atoms with Crippen LogP contribution in [0.25, 0.3) is 0 Å². The molecule has 2 rings (SSSR count). The summed E-state index contributed by atoms with van der Waals surface area (Å²) < 4.78 is 31.2. The summed E-state index contributed by atoms with van der Waals surface area (Å²) >= 11 is 5.73. The van der Waals surface area contributed by atoms with Gasteiger partial charge in [0.2, 0.25) is 15.9 Å². The Bertz CT molecular complexity index is 870. The number of esters is 1. The molecule has 0 aliphatic rings. The van der Waals surface area contributed by atoms with Crippen LogP contribution in [0, 0.1) is 0 Å². The Hall–Kier alpha value is -2.42. The number of ether oxygens (including phenoxy) is 1. The van der Waals surface area contributed by atoms with Crippen LogP contribution in [0.5, 0.6) is 0 Å². The zero-order valence-corrected chi connectivity index (χ0v) is 15.4. The van der Waals surface area contributed by atoms with Gasteiger partial charge in [0, 0.05) is 5.02 Å². The fourth-order valence-electron chi connectivity index (χ4n) is 2.11. The van der Waals surface area contributed by atoms with Crippen LogP contribution in [0.2, 0.25) is 5.02 Å². The first-order valence-electron chi connectivity index (χ1n) is 7.51. The minimum absolute atomic E-state index is 0.0257. The fourth-order valence-corrected chi connectivity index (χ4v) is 3.22. The SMILES string of the molecule is COC(=O)[C@@H](NC(=O)CNS(=O)(=O)c1ccc(Cl)cc1)c1ccccc1. The van der Waals surface area contributed by atoms with Crippen LogP contribution < -0.4 is 10.0 Å². The molecular weight excluding hydrogens is 380 g/mol. The Morgan fingerprint density at radius 1 is 1.08 bits per heavy atom. The van der Waals surface area contributed by atoms with E-state index in [4.69, 9.17) is 11.6 Å².